The van der Waals surface area contributed by atoms with Crippen molar-refractivity contribution >= 4 is 28.8 Å². The van der Waals surface area contributed by atoms with E-state index in [1.54, 1.807) is 22.2 Å². The van der Waals surface area contributed by atoms with Crippen LogP contribution in [0.15, 0.2) is 36.0 Å². The molecule has 0 radical (unpaired) electrons. The second-order valence-electron chi connectivity index (χ2n) is 5.29. The molecule has 0 bridgehead atoms. The van der Waals surface area contributed by atoms with Crippen LogP contribution in [-0.2, 0) is 13.0 Å². The summed E-state index contributed by atoms with van der Waals surface area (Å²) in [7, 11) is 0. The van der Waals surface area contributed by atoms with Gasteiger partial charge in [-0.25, -0.2) is 9.67 Å². The number of hydrogen-bond donors (Lipinski definition) is 1. The Balaban J connectivity index is 1.53. The molecule has 3 rings (SSSR count). The lowest BCUT2D eigenvalue weighted by Gasteiger charge is -2.02. The summed E-state index contributed by atoms with van der Waals surface area (Å²) in [4.78, 5) is 17.5. The molecule has 1 aromatic carbocycles. The van der Waals surface area contributed by atoms with Crippen molar-refractivity contribution in [2.45, 2.75) is 19.9 Å². The topological polar surface area (TPSA) is 72.7 Å². The highest BCUT2D eigenvalue weighted by Gasteiger charge is 2.11. The van der Waals surface area contributed by atoms with Crippen molar-refractivity contribution in [1.82, 2.24) is 25.3 Å². The van der Waals surface area contributed by atoms with Gasteiger partial charge in [-0.2, -0.15) is 0 Å². The fourth-order valence-corrected chi connectivity index (χ4v) is 3.11. The fourth-order valence-electron chi connectivity index (χ4n) is 2.20. The normalized spacial score (nSPS) is 10.8. The maximum atomic E-state index is 12.1. The van der Waals surface area contributed by atoms with Gasteiger partial charge in [-0.1, -0.05) is 28.9 Å². The first-order chi connectivity index (χ1) is 11.6. The number of nitrogens with zero attached hydrogens (tertiary/aromatic N) is 4. The quantitative estimate of drug-likeness (QED) is 0.732. The van der Waals surface area contributed by atoms with Gasteiger partial charge in [0.1, 0.15) is 0 Å². The number of carbonyl (C=O) groups is 1. The molecular weight excluding hydrogens is 346 g/mol. The molecule has 1 N–H and O–H groups in total. The Labute approximate surface area is 148 Å². The number of aryl methyl sites for hydroxylation is 1. The van der Waals surface area contributed by atoms with Gasteiger partial charge < -0.3 is 5.32 Å². The summed E-state index contributed by atoms with van der Waals surface area (Å²) in [6.07, 6.45) is 2.41. The first kappa shape index (κ1) is 16.6. The second kappa shape index (κ2) is 7.55. The van der Waals surface area contributed by atoms with Crippen molar-refractivity contribution < 1.29 is 4.79 Å². The number of benzene rings is 1. The number of halogens is 1. The molecular formula is C16H16ClN5OS. The molecule has 0 unspecified atom stereocenters. The Bertz CT molecular complexity index is 827. The predicted molar refractivity (Wildman–Crippen MR) is 93.5 cm³/mol. The minimum Gasteiger partial charge on any atom is -0.350 e. The van der Waals surface area contributed by atoms with E-state index in [-0.39, 0.29) is 5.91 Å². The molecule has 0 aliphatic rings. The van der Waals surface area contributed by atoms with E-state index in [0.29, 0.717) is 23.8 Å². The first-order valence-corrected chi connectivity index (χ1v) is 8.69. The third-order valence-electron chi connectivity index (χ3n) is 3.51. The van der Waals surface area contributed by atoms with E-state index < -0.39 is 0 Å². The van der Waals surface area contributed by atoms with Gasteiger partial charge in [-0.05, 0) is 24.6 Å². The van der Waals surface area contributed by atoms with Gasteiger partial charge in [-0.15, -0.1) is 16.4 Å². The van der Waals surface area contributed by atoms with Crippen LogP contribution in [-0.4, -0.2) is 32.4 Å². The molecule has 2 heterocycles. The summed E-state index contributed by atoms with van der Waals surface area (Å²) in [5.74, 6) is -0.223. The van der Waals surface area contributed by atoms with E-state index in [1.807, 2.05) is 36.7 Å². The number of thiazole rings is 1. The van der Waals surface area contributed by atoms with Crippen molar-refractivity contribution in [1.29, 1.82) is 0 Å². The summed E-state index contributed by atoms with van der Waals surface area (Å²) in [5, 5.41) is 11.5. The molecule has 0 saturated heterocycles. The summed E-state index contributed by atoms with van der Waals surface area (Å²) >= 11 is 7.46. The van der Waals surface area contributed by atoms with Crippen LogP contribution in [0.2, 0.25) is 5.02 Å². The van der Waals surface area contributed by atoms with E-state index in [9.17, 15) is 4.79 Å². The van der Waals surface area contributed by atoms with Crippen LogP contribution in [0.25, 0.3) is 0 Å². The van der Waals surface area contributed by atoms with Crippen molar-refractivity contribution in [3.63, 3.8) is 0 Å². The molecule has 0 saturated carbocycles. The van der Waals surface area contributed by atoms with Crippen LogP contribution in [0.3, 0.4) is 0 Å². The summed E-state index contributed by atoms with van der Waals surface area (Å²) < 4.78 is 1.63. The number of amides is 1. The molecule has 0 fully saturated rings. The smallest absolute Gasteiger partial charge is 0.273 e. The highest BCUT2D eigenvalue weighted by molar-refractivity contribution is 7.09. The van der Waals surface area contributed by atoms with Crippen LogP contribution in [0.5, 0.6) is 0 Å². The number of nitrogens with one attached hydrogen (secondary N) is 1. The molecule has 124 valence electrons. The Morgan fingerprint density at radius 1 is 1.33 bits per heavy atom. The Hall–Kier alpha value is -2.25. The Kier molecular flexibility index (Phi) is 5.22. The average Bonchev–Trinajstić information content (AvgIpc) is 3.19. The molecule has 8 heteroatoms. The molecule has 2 aromatic heterocycles. The highest BCUT2D eigenvalue weighted by atomic mass is 35.5. The number of aromatic nitrogens is 4. The minimum absolute atomic E-state index is 0.223. The van der Waals surface area contributed by atoms with Gasteiger partial charge in [0.2, 0.25) is 0 Å². The molecule has 0 atom stereocenters. The molecule has 1 amide bonds. The molecule has 0 aliphatic carbocycles. The van der Waals surface area contributed by atoms with Crippen LogP contribution >= 0.6 is 22.9 Å². The second-order valence-corrected chi connectivity index (χ2v) is 6.67. The summed E-state index contributed by atoms with van der Waals surface area (Å²) in [5.41, 5.74) is 4.18. The number of carbonyl (C=O) groups excluding carboxylic acids is 1. The van der Waals surface area contributed by atoms with Gasteiger partial charge in [-0.3, -0.25) is 4.79 Å². The average molecular weight is 362 g/mol. The maximum Gasteiger partial charge on any atom is 0.273 e. The first-order valence-electron chi connectivity index (χ1n) is 7.43. The minimum atomic E-state index is -0.223. The van der Waals surface area contributed by atoms with Crippen molar-refractivity contribution in [3.05, 3.63) is 62.8 Å². The summed E-state index contributed by atoms with van der Waals surface area (Å²) in [6.45, 7) is 3.05. The van der Waals surface area contributed by atoms with Crippen molar-refractivity contribution in [2.75, 3.05) is 6.54 Å². The fraction of sp³-hybridized carbons (Fsp3) is 0.250. The molecule has 6 nitrogen and oxygen atoms in total. The van der Waals surface area contributed by atoms with E-state index >= 15 is 0 Å². The zero-order valence-electron chi connectivity index (χ0n) is 13.1. The Morgan fingerprint density at radius 2 is 2.12 bits per heavy atom. The van der Waals surface area contributed by atoms with Gasteiger partial charge in [0.15, 0.2) is 5.69 Å². The van der Waals surface area contributed by atoms with Gasteiger partial charge >= 0.3 is 0 Å². The predicted octanol–water partition coefficient (Wildman–Crippen LogP) is 2.72. The lowest BCUT2D eigenvalue weighted by atomic mass is 10.2. The van der Waals surface area contributed by atoms with Crippen LogP contribution in [0.1, 0.15) is 26.6 Å². The third-order valence-corrected chi connectivity index (χ3v) is 4.76. The SMILES string of the molecule is Cc1ncsc1CCNC(=O)c1cn(Cc2ccc(Cl)cc2)nn1. The lowest BCUT2D eigenvalue weighted by Crippen LogP contribution is -2.26. The van der Waals surface area contributed by atoms with Gasteiger partial charge in [0, 0.05) is 22.9 Å². The Morgan fingerprint density at radius 3 is 2.83 bits per heavy atom. The molecule has 0 spiro atoms. The van der Waals surface area contributed by atoms with E-state index in [1.165, 1.54) is 4.88 Å². The van der Waals surface area contributed by atoms with Crippen LogP contribution in [0, 0.1) is 6.92 Å². The van der Waals surface area contributed by atoms with E-state index in [0.717, 1.165) is 17.7 Å². The van der Waals surface area contributed by atoms with Crippen LogP contribution in [0.4, 0.5) is 0 Å². The van der Waals surface area contributed by atoms with Gasteiger partial charge in [0.05, 0.1) is 23.9 Å². The van der Waals surface area contributed by atoms with Crippen molar-refractivity contribution in [3.8, 4) is 0 Å². The number of rotatable bonds is 6. The van der Waals surface area contributed by atoms with E-state index in [4.69, 9.17) is 11.6 Å². The lowest BCUT2D eigenvalue weighted by molar-refractivity contribution is 0.0949. The maximum absolute atomic E-state index is 12.1. The highest BCUT2D eigenvalue weighted by Crippen LogP contribution is 2.12. The summed E-state index contributed by atoms with van der Waals surface area (Å²) in [6, 6.07) is 7.48. The molecule has 24 heavy (non-hydrogen) atoms. The van der Waals surface area contributed by atoms with Crippen molar-refractivity contribution in [2.24, 2.45) is 0 Å². The molecule has 0 aliphatic heterocycles. The zero-order valence-corrected chi connectivity index (χ0v) is 14.6. The monoisotopic (exact) mass is 361 g/mol. The standard InChI is InChI=1S/C16H16ClN5OS/c1-11-15(24-10-19-11)6-7-18-16(23)14-9-22(21-20-14)8-12-2-4-13(17)5-3-12/h2-5,9-10H,6-8H2,1H3,(H,18,23). The molecule has 3 aromatic rings. The van der Waals surface area contributed by atoms with Gasteiger partial charge in [0.25, 0.3) is 5.91 Å². The van der Waals surface area contributed by atoms with Crippen LogP contribution < -0.4 is 5.32 Å². The largest absolute Gasteiger partial charge is 0.350 e. The third kappa shape index (κ3) is 4.18. The van der Waals surface area contributed by atoms with E-state index in [2.05, 4.69) is 20.6 Å². The zero-order chi connectivity index (χ0) is 16.9. The number of hydrogen-bond acceptors (Lipinski definition) is 5.